The number of rotatable bonds is 8. The van der Waals surface area contributed by atoms with Crippen LogP contribution in [0.5, 0.6) is 0 Å². The first-order valence-electron chi connectivity index (χ1n) is 6.57. The van der Waals surface area contributed by atoms with E-state index < -0.39 is 29.9 Å². The van der Waals surface area contributed by atoms with Crippen LogP contribution in [0.1, 0.15) is 27.7 Å². The maximum Gasteiger partial charge on any atom is 0.508 e. The summed E-state index contributed by atoms with van der Waals surface area (Å²) in [5, 5.41) is 17.9. The predicted octanol–water partition coefficient (Wildman–Crippen LogP) is 1.08. The normalized spacial score (nSPS) is 14.0. The van der Waals surface area contributed by atoms with Gasteiger partial charge in [-0.1, -0.05) is 13.8 Å². The van der Waals surface area contributed by atoms with E-state index in [1.807, 2.05) is 0 Å². The van der Waals surface area contributed by atoms with E-state index in [-0.39, 0.29) is 26.4 Å². The van der Waals surface area contributed by atoms with E-state index in [0.29, 0.717) is 0 Å². The summed E-state index contributed by atoms with van der Waals surface area (Å²) in [6.07, 6.45) is -3.34. The monoisotopic (exact) mass is 308 g/mol. The molecule has 0 saturated carbocycles. The summed E-state index contributed by atoms with van der Waals surface area (Å²) >= 11 is 0. The molecule has 0 radical (unpaired) electrons. The Balaban J connectivity index is 3.92. The van der Waals surface area contributed by atoms with E-state index in [9.17, 15) is 9.59 Å². The molecule has 0 aliphatic heterocycles. The van der Waals surface area contributed by atoms with Crippen LogP contribution in [0.2, 0.25) is 0 Å². The number of carbonyl (C=O) groups is 2. The largest absolute Gasteiger partial charge is 0.508 e. The van der Waals surface area contributed by atoms with Gasteiger partial charge in [0.05, 0.1) is 12.2 Å². The average Bonchev–Trinajstić information content (AvgIpc) is 2.38. The summed E-state index contributed by atoms with van der Waals surface area (Å²) in [5.41, 5.74) is -0.631. The molecule has 2 N–H and O–H groups in total. The van der Waals surface area contributed by atoms with Crippen LogP contribution in [0, 0.1) is 5.41 Å². The molecule has 0 aromatic rings. The number of hydrogen-bond acceptors (Lipinski definition) is 8. The Morgan fingerprint density at radius 1 is 0.857 bits per heavy atom. The molecule has 0 heterocycles. The maximum atomic E-state index is 11.2. The summed E-state index contributed by atoms with van der Waals surface area (Å²) in [5.74, 6) is 0. The fraction of sp³-hybridized carbons (Fsp3) is 0.846. The van der Waals surface area contributed by atoms with E-state index in [1.165, 1.54) is 13.8 Å². The molecule has 0 bridgehead atoms. The van der Waals surface area contributed by atoms with Crippen LogP contribution in [0.4, 0.5) is 9.59 Å². The quantitative estimate of drug-likeness (QED) is 0.641. The smallest absolute Gasteiger partial charge is 0.434 e. The van der Waals surface area contributed by atoms with Gasteiger partial charge >= 0.3 is 12.3 Å². The lowest BCUT2D eigenvalue weighted by Gasteiger charge is -2.23. The van der Waals surface area contributed by atoms with Crippen molar-refractivity contribution in [1.29, 1.82) is 0 Å². The van der Waals surface area contributed by atoms with Crippen molar-refractivity contribution in [3.8, 4) is 0 Å². The lowest BCUT2D eigenvalue weighted by Crippen LogP contribution is -2.30. The number of aliphatic hydroxyl groups is 2. The Kier molecular flexibility index (Phi) is 8.72. The third kappa shape index (κ3) is 11.9. The molecule has 8 heteroatoms. The van der Waals surface area contributed by atoms with Gasteiger partial charge in [-0.25, -0.2) is 9.59 Å². The molecule has 0 fully saturated rings. The minimum Gasteiger partial charge on any atom is -0.434 e. The summed E-state index contributed by atoms with van der Waals surface area (Å²) in [6.45, 7) is 6.02. The van der Waals surface area contributed by atoms with Gasteiger partial charge in [-0.15, -0.1) is 0 Å². The fourth-order valence-corrected chi connectivity index (χ4v) is 1.01. The van der Waals surface area contributed by atoms with E-state index in [0.717, 1.165) is 0 Å². The van der Waals surface area contributed by atoms with E-state index in [1.54, 1.807) is 13.8 Å². The first-order chi connectivity index (χ1) is 9.62. The van der Waals surface area contributed by atoms with Crippen molar-refractivity contribution in [3.05, 3.63) is 0 Å². The van der Waals surface area contributed by atoms with Gasteiger partial charge in [0.25, 0.3) is 0 Å². The fourth-order valence-electron chi connectivity index (χ4n) is 1.01. The van der Waals surface area contributed by atoms with Crippen LogP contribution in [-0.4, -0.2) is 61.2 Å². The highest BCUT2D eigenvalue weighted by atomic mass is 16.7. The number of ether oxygens (including phenoxy) is 4. The van der Waals surface area contributed by atoms with Gasteiger partial charge in [-0.2, -0.15) is 0 Å². The molecular weight excluding hydrogens is 284 g/mol. The van der Waals surface area contributed by atoms with Crippen molar-refractivity contribution in [3.63, 3.8) is 0 Å². The molecule has 0 spiro atoms. The SMILES string of the molecule is CC(O)COC(=O)OCC(C)(C)COC(=O)OCC(C)O. The van der Waals surface area contributed by atoms with E-state index in [4.69, 9.17) is 19.7 Å². The summed E-state index contributed by atoms with van der Waals surface area (Å²) in [6, 6.07) is 0. The van der Waals surface area contributed by atoms with Crippen molar-refractivity contribution in [2.75, 3.05) is 26.4 Å². The Labute approximate surface area is 123 Å². The van der Waals surface area contributed by atoms with E-state index >= 15 is 0 Å². The van der Waals surface area contributed by atoms with Crippen molar-refractivity contribution < 1.29 is 38.7 Å². The molecule has 124 valence electrons. The van der Waals surface area contributed by atoms with Crippen LogP contribution in [0.25, 0.3) is 0 Å². The molecule has 0 amide bonds. The first-order valence-corrected chi connectivity index (χ1v) is 6.57. The molecule has 2 atom stereocenters. The van der Waals surface area contributed by atoms with Crippen LogP contribution < -0.4 is 0 Å². The Morgan fingerprint density at radius 2 is 1.19 bits per heavy atom. The second-order valence-electron chi connectivity index (χ2n) is 5.56. The predicted molar refractivity (Wildman–Crippen MR) is 71.7 cm³/mol. The lowest BCUT2D eigenvalue weighted by atomic mass is 9.96. The highest BCUT2D eigenvalue weighted by Gasteiger charge is 2.24. The van der Waals surface area contributed by atoms with Gasteiger partial charge in [0.1, 0.15) is 26.4 Å². The Morgan fingerprint density at radius 3 is 1.48 bits per heavy atom. The van der Waals surface area contributed by atoms with Crippen molar-refractivity contribution in [1.82, 2.24) is 0 Å². The van der Waals surface area contributed by atoms with Crippen LogP contribution in [-0.2, 0) is 18.9 Å². The van der Waals surface area contributed by atoms with Gasteiger partial charge in [-0.3, -0.25) is 0 Å². The topological polar surface area (TPSA) is 112 Å². The number of carbonyl (C=O) groups excluding carboxylic acids is 2. The average molecular weight is 308 g/mol. The Hall–Kier alpha value is -1.54. The molecular formula is C13H24O8. The van der Waals surface area contributed by atoms with Crippen LogP contribution >= 0.6 is 0 Å². The Bertz CT molecular complexity index is 294. The van der Waals surface area contributed by atoms with Gasteiger partial charge in [0.15, 0.2) is 0 Å². The van der Waals surface area contributed by atoms with Crippen molar-refractivity contribution >= 4 is 12.3 Å². The van der Waals surface area contributed by atoms with Gasteiger partial charge in [0, 0.05) is 5.41 Å². The lowest BCUT2D eigenvalue weighted by molar-refractivity contribution is -0.0216. The van der Waals surface area contributed by atoms with Crippen LogP contribution in [0.15, 0.2) is 0 Å². The second-order valence-corrected chi connectivity index (χ2v) is 5.56. The molecule has 0 aromatic carbocycles. The highest BCUT2D eigenvalue weighted by molar-refractivity contribution is 5.60. The molecule has 0 aliphatic rings. The van der Waals surface area contributed by atoms with Crippen molar-refractivity contribution in [2.24, 2.45) is 5.41 Å². The summed E-state index contributed by atoms with van der Waals surface area (Å²) in [7, 11) is 0. The minimum atomic E-state index is -0.902. The zero-order valence-electron chi connectivity index (χ0n) is 12.8. The molecule has 0 aromatic heterocycles. The third-order valence-corrected chi connectivity index (χ3v) is 2.05. The minimum absolute atomic E-state index is 0.0324. The second kappa shape index (κ2) is 9.41. The van der Waals surface area contributed by atoms with Crippen molar-refractivity contribution in [2.45, 2.75) is 39.9 Å². The summed E-state index contributed by atoms with van der Waals surface area (Å²) in [4.78, 5) is 22.4. The zero-order chi connectivity index (χ0) is 16.5. The zero-order valence-corrected chi connectivity index (χ0v) is 12.8. The molecule has 2 unspecified atom stereocenters. The van der Waals surface area contributed by atoms with Crippen LogP contribution in [0.3, 0.4) is 0 Å². The molecule has 0 aliphatic carbocycles. The molecule has 0 rings (SSSR count). The molecule has 8 nitrogen and oxygen atoms in total. The number of aliphatic hydroxyl groups excluding tert-OH is 2. The molecule has 0 saturated heterocycles. The van der Waals surface area contributed by atoms with E-state index in [2.05, 4.69) is 9.47 Å². The van der Waals surface area contributed by atoms with Gasteiger partial charge in [0.2, 0.25) is 0 Å². The maximum absolute atomic E-state index is 11.2. The third-order valence-electron chi connectivity index (χ3n) is 2.05. The first kappa shape index (κ1) is 19.5. The summed E-state index contributed by atoms with van der Waals surface area (Å²) < 4.78 is 18.9. The highest BCUT2D eigenvalue weighted by Crippen LogP contribution is 2.16. The number of hydrogen-bond donors (Lipinski definition) is 2. The van der Waals surface area contributed by atoms with Gasteiger partial charge in [-0.05, 0) is 13.8 Å². The van der Waals surface area contributed by atoms with Gasteiger partial charge < -0.3 is 29.2 Å². The standard InChI is InChI=1S/C13H24O8/c1-9(14)5-18-11(16)20-7-13(3,4)8-21-12(17)19-6-10(2)15/h9-10,14-15H,5-8H2,1-4H3. The molecule has 21 heavy (non-hydrogen) atoms.